The summed E-state index contributed by atoms with van der Waals surface area (Å²) in [5.41, 5.74) is -0.143. The minimum atomic E-state index is -4.83. The second kappa shape index (κ2) is 5.56. The van der Waals surface area contributed by atoms with Crippen LogP contribution in [0.1, 0.15) is 20.3 Å². The van der Waals surface area contributed by atoms with Gasteiger partial charge in [-0.3, -0.25) is 4.79 Å². The molecule has 1 heterocycles. The van der Waals surface area contributed by atoms with Crippen molar-refractivity contribution in [1.82, 2.24) is 0 Å². The average Bonchev–Trinajstić information content (AvgIpc) is 2.26. The summed E-state index contributed by atoms with van der Waals surface area (Å²) in [6.07, 6.45) is -5.46. The number of ether oxygens (including phenoxy) is 1. The highest BCUT2D eigenvalue weighted by molar-refractivity contribution is 5.97. The number of carbonyl (C=O) groups is 1. The summed E-state index contributed by atoms with van der Waals surface area (Å²) in [5.74, 6) is -0.421. The van der Waals surface area contributed by atoms with Crippen molar-refractivity contribution >= 4 is 5.78 Å². The summed E-state index contributed by atoms with van der Waals surface area (Å²) >= 11 is 0. The van der Waals surface area contributed by atoms with Gasteiger partial charge in [0.2, 0.25) is 0 Å². The minimum Gasteiger partial charge on any atom is -0.490 e. The molecule has 0 amide bonds. The Balaban J connectivity index is 2.89. The van der Waals surface area contributed by atoms with E-state index in [2.05, 4.69) is 0 Å². The van der Waals surface area contributed by atoms with Crippen LogP contribution in [0.15, 0.2) is 24.0 Å². The fraction of sp³-hybridized carbons (Fsp3) is 0.583. The third kappa shape index (κ3) is 3.60. The molecule has 18 heavy (non-hydrogen) atoms. The smallest absolute Gasteiger partial charge is 0.418 e. The van der Waals surface area contributed by atoms with Crippen molar-refractivity contribution in [3.63, 3.8) is 0 Å². The van der Waals surface area contributed by atoms with Gasteiger partial charge in [0.15, 0.2) is 18.0 Å². The van der Waals surface area contributed by atoms with Gasteiger partial charge < -0.3 is 9.84 Å². The molecule has 102 valence electrons. The minimum absolute atomic E-state index is 0.0213. The lowest BCUT2D eigenvalue weighted by molar-refractivity contribution is -0.225. The summed E-state index contributed by atoms with van der Waals surface area (Å²) in [6, 6.07) is 0. The molecule has 0 aromatic heterocycles. The lowest BCUT2D eigenvalue weighted by atomic mass is 9.93. The molecule has 0 radical (unpaired) electrons. The van der Waals surface area contributed by atoms with Crippen molar-refractivity contribution in [3.05, 3.63) is 24.0 Å². The highest BCUT2D eigenvalue weighted by Crippen LogP contribution is 2.30. The molecule has 0 aromatic carbocycles. The van der Waals surface area contributed by atoms with Crippen LogP contribution in [0.5, 0.6) is 0 Å². The molecule has 1 aliphatic rings. The average molecular weight is 264 g/mol. The summed E-state index contributed by atoms with van der Waals surface area (Å²) in [4.78, 5) is 11.8. The van der Waals surface area contributed by atoms with Gasteiger partial charge in [0.05, 0.1) is 6.26 Å². The normalized spacial score (nSPS) is 21.5. The second-order valence-electron chi connectivity index (χ2n) is 4.51. The highest BCUT2D eigenvalue weighted by atomic mass is 19.4. The molecule has 1 N–H and O–H groups in total. The first-order chi connectivity index (χ1) is 8.23. The van der Waals surface area contributed by atoms with Crippen LogP contribution in [0.25, 0.3) is 0 Å². The monoisotopic (exact) mass is 264 g/mol. The largest absolute Gasteiger partial charge is 0.490 e. The van der Waals surface area contributed by atoms with Crippen LogP contribution in [-0.4, -0.2) is 29.3 Å². The lowest BCUT2D eigenvalue weighted by Gasteiger charge is -2.27. The number of allylic oxidation sites excluding steroid dienone is 2. The van der Waals surface area contributed by atoms with Crippen LogP contribution in [0.4, 0.5) is 13.2 Å². The molecule has 0 saturated carbocycles. The van der Waals surface area contributed by atoms with E-state index in [9.17, 15) is 23.1 Å². The van der Waals surface area contributed by atoms with Crippen molar-refractivity contribution in [2.24, 2.45) is 5.92 Å². The molecule has 6 heteroatoms. The molecular formula is C12H15F3O3. The maximum Gasteiger partial charge on any atom is 0.418 e. The fourth-order valence-corrected chi connectivity index (χ4v) is 1.60. The van der Waals surface area contributed by atoms with Crippen molar-refractivity contribution in [1.29, 1.82) is 0 Å². The van der Waals surface area contributed by atoms with Crippen molar-refractivity contribution in [2.45, 2.75) is 38.7 Å². The molecule has 2 atom stereocenters. The van der Waals surface area contributed by atoms with Gasteiger partial charge >= 0.3 is 6.18 Å². The first kappa shape index (κ1) is 14.8. The Morgan fingerprint density at radius 1 is 1.50 bits per heavy atom. The summed E-state index contributed by atoms with van der Waals surface area (Å²) in [5, 5.41) is 9.19. The van der Waals surface area contributed by atoms with Gasteiger partial charge in [-0.1, -0.05) is 13.8 Å². The summed E-state index contributed by atoms with van der Waals surface area (Å²) < 4.78 is 42.1. The van der Waals surface area contributed by atoms with Crippen LogP contribution in [0.2, 0.25) is 0 Å². The highest BCUT2D eigenvalue weighted by Gasteiger charge is 2.47. The molecule has 0 spiro atoms. The van der Waals surface area contributed by atoms with Crippen LogP contribution in [0, 0.1) is 5.92 Å². The number of Topliss-reactive ketones (excluding diaryl/α,β-unsaturated/α-hetero) is 1. The zero-order chi connectivity index (χ0) is 13.9. The molecule has 1 rings (SSSR count). The van der Waals surface area contributed by atoms with E-state index >= 15 is 0 Å². The zero-order valence-corrected chi connectivity index (χ0v) is 10.1. The summed E-state index contributed by atoms with van der Waals surface area (Å²) in [6.45, 7) is 3.57. The van der Waals surface area contributed by atoms with Crippen molar-refractivity contribution < 1.29 is 27.8 Å². The van der Waals surface area contributed by atoms with Gasteiger partial charge in [-0.25, -0.2) is 0 Å². The molecule has 0 fully saturated rings. The van der Waals surface area contributed by atoms with Crippen LogP contribution >= 0.6 is 0 Å². The zero-order valence-electron chi connectivity index (χ0n) is 10.1. The number of halogens is 3. The predicted octanol–water partition coefficient (Wildman–Crippen LogP) is 2.36. The van der Waals surface area contributed by atoms with E-state index in [0.29, 0.717) is 0 Å². The first-order valence-electron chi connectivity index (χ1n) is 5.53. The third-order valence-electron chi connectivity index (χ3n) is 2.42. The van der Waals surface area contributed by atoms with Crippen molar-refractivity contribution in [2.75, 3.05) is 0 Å². The van der Waals surface area contributed by atoms with Crippen molar-refractivity contribution in [3.8, 4) is 0 Å². The van der Waals surface area contributed by atoms with Gasteiger partial charge in [0, 0.05) is 12.0 Å². The number of aliphatic hydroxyl groups is 1. The topological polar surface area (TPSA) is 46.5 Å². The van der Waals surface area contributed by atoms with Crippen LogP contribution in [0.3, 0.4) is 0 Å². The molecule has 0 aliphatic carbocycles. The van der Waals surface area contributed by atoms with E-state index < -0.39 is 24.2 Å². The number of rotatable bonds is 4. The Morgan fingerprint density at radius 3 is 2.61 bits per heavy atom. The second-order valence-corrected chi connectivity index (χ2v) is 4.51. The quantitative estimate of drug-likeness (QED) is 0.848. The van der Waals surface area contributed by atoms with Gasteiger partial charge in [-0.2, -0.15) is 13.2 Å². The number of hydrogen-bond acceptors (Lipinski definition) is 3. The Labute approximate surface area is 103 Å². The van der Waals surface area contributed by atoms with E-state index in [0.717, 1.165) is 6.26 Å². The number of ketones is 1. The predicted molar refractivity (Wildman–Crippen MR) is 58.6 cm³/mol. The molecular weight excluding hydrogens is 249 g/mol. The van der Waals surface area contributed by atoms with Gasteiger partial charge in [-0.05, 0) is 18.1 Å². The fourth-order valence-electron chi connectivity index (χ4n) is 1.60. The lowest BCUT2D eigenvalue weighted by Crippen LogP contribution is -2.43. The summed E-state index contributed by atoms with van der Waals surface area (Å²) in [7, 11) is 0. The maximum absolute atomic E-state index is 12.4. The van der Waals surface area contributed by atoms with E-state index in [1.165, 1.54) is 12.2 Å². The van der Waals surface area contributed by atoms with E-state index in [4.69, 9.17) is 4.74 Å². The first-order valence-corrected chi connectivity index (χ1v) is 5.53. The van der Waals surface area contributed by atoms with E-state index in [1.54, 1.807) is 13.8 Å². The van der Waals surface area contributed by atoms with E-state index in [-0.39, 0.29) is 17.9 Å². The van der Waals surface area contributed by atoms with Gasteiger partial charge in [0.25, 0.3) is 0 Å². The molecule has 0 aromatic rings. The Hall–Kier alpha value is -1.30. The third-order valence-corrected chi connectivity index (χ3v) is 2.42. The number of hydrogen-bond donors (Lipinski definition) is 1. The SMILES string of the molecule is CC(C)CC(=O)C1=CC=COC1C(O)C(F)(F)F. The molecule has 3 nitrogen and oxygen atoms in total. The molecule has 0 bridgehead atoms. The Bertz CT molecular complexity index is 369. The number of aliphatic hydroxyl groups excluding tert-OH is 1. The van der Waals surface area contributed by atoms with Crippen LogP contribution in [-0.2, 0) is 9.53 Å². The van der Waals surface area contributed by atoms with Gasteiger partial charge in [-0.15, -0.1) is 0 Å². The number of alkyl halides is 3. The van der Waals surface area contributed by atoms with E-state index in [1.807, 2.05) is 0 Å². The number of carbonyl (C=O) groups excluding carboxylic acids is 1. The molecule has 0 saturated heterocycles. The molecule has 1 aliphatic heterocycles. The Morgan fingerprint density at radius 2 is 2.11 bits per heavy atom. The van der Waals surface area contributed by atoms with Gasteiger partial charge in [0.1, 0.15) is 0 Å². The standard InChI is InChI=1S/C12H15F3O3/c1-7(2)6-9(16)8-4-3-5-18-10(8)11(17)12(13,14)15/h3-5,7,10-11,17H,6H2,1-2H3. The Kier molecular flexibility index (Phi) is 4.56. The van der Waals surface area contributed by atoms with Crippen LogP contribution < -0.4 is 0 Å². The molecule has 2 unspecified atom stereocenters. The maximum atomic E-state index is 12.4.